The van der Waals surface area contributed by atoms with Crippen LogP contribution in [0.2, 0.25) is 0 Å². The first-order valence-electron chi connectivity index (χ1n) is 6.55. The second-order valence-corrected chi connectivity index (χ2v) is 5.47. The van der Waals surface area contributed by atoms with Gasteiger partial charge in [-0.15, -0.1) is 0 Å². The third-order valence-electron chi connectivity index (χ3n) is 3.22. The van der Waals surface area contributed by atoms with Gasteiger partial charge in [0.25, 0.3) is 5.91 Å². The molecule has 1 unspecified atom stereocenters. The third kappa shape index (κ3) is 2.83. The van der Waals surface area contributed by atoms with Crippen molar-refractivity contribution in [3.63, 3.8) is 0 Å². The quantitative estimate of drug-likeness (QED) is 0.728. The van der Waals surface area contributed by atoms with Crippen molar-refractivity contribution in [2.75, 3.05) is 0 Å². The highest BCUT2D eigenvalue weighted by atomic mass is 79.9. The van der Waals surface area contributed by atoms with Crippen LogP contribution in [0.3, 0.4) is 0 Å². The fraction of sp³-hybridized carbons (Fsp3) is 0.125. The number of carbonyl (C=O) groups excluding carboxylic acids is 1. The van der Waals surface area contributed by atoms with E-state index in [9.17, 15) is 4.79 Å². The highest BCUT2D eigenvalue weighted by Crippen LogP contribution is 2.24. The van der Waals surface area contributed by atoms with E-state index in [-0.39, 0.29) is 11.9 Å². The molecule has 0 aliphatic carbocycles. The lowest BCUT2D eigenvalue weighted by atomic mass is 10.2. The van der Waals surface area contributed by atoms with E-state index in [2.05, 4.69) is 26.2 Å². The van der Waals surface area contributed by atoms with Crippen molar-refractivity contribution in [1.29, 1.82) is 0 Å². The number of furan rings is 1. The summed E-state index contributed by atoms with van der Waals surface area (Å²) in [6.45, 7) is 1.89. The highest BCUT2D eigenvalue weighted by molar-refractivity contribution is 9.10. The molecule has 0 saturated carbocycles. The summed E-state index contributed by atoms with van der Waals surface area (Å²) in [6, 6.07) is 12.9. The van der Waals surface area contributed by atoms with Crippen molar-refractivity contribution in [3.8, 4) is 0 Å². The summed E-state index contributed by atoms with van der Waals surface area (Å²) in [5, 5.41) is 3.94. The Kier molecular flexibility index (Phi) is 3.75. The molecule has 2 aromatic heterocycles. The number of fused-ring (bicyclic) bond motifs is 1. The van der Waals surface area contributed by atoms with Gasteiger partial charge in [-0.3, -0.25) is 4.79 Å². The maximum atomic E-state index is 12.2. The van der Waals surface area contributed by atoms with Crippen molar-refractivity contribution in [3.05, 3.63) is 64.6 Å². The average Bonchev–Trinajstić information content (AvgIpc) is 2.91. The molecule has 2 heterocycles. The van der Waals surface area contributed by atoms with E-state index < -0.39 is 0 Å². The number of benzene rings is 1. The topological polar surface area (TPSA) is 55.1 Å². The number of pyridine rings is 1. The molecule has 0 fully saturated rings. The summed E-state index contributed by atoms with van der Waals surface area (Å²) in [6.07, 6.45) is 1.63. The van der Waals surface area contributed by atoms with E-state index >= 15 is 0 Å². The van der Waals surface area contributed by atoms with E-state index in [1.807, 2.05) is 37.3 Å². The molecular weight excluding hydrogens is 332 g/mol. The van der Waals surface area contributed by atoms with Crippen LogP contribution in [0.15, 0.2) is 57.7 Å². The van der Waals surface area contributed by atoms with Gasteiger partial charge in [0.2, 0.25) is 0 Å². The number of halogens is 1. The second-order valence-electron chi connectivity index (χ2n) is 4.72. The smallest absolute Gasteiger partial charge is 0.254 e. The Labute approximate surface area is 130 Å². The maximum absolute atomic E-state index is 12.2. The van der Waals surface area contributed by atoms with Crippen molar-refractivity contribution < 1.29 is 9.21 Å². The lowest BCUT2D eigenvalue weighted by molar-refractivity contribution is 0.0934. The Hall–Kier alpha value is -2.14. The van der Waals surface area contributed by atoms with E-state index in [4.69, 9.17) is 4.42 Å². The van der Waals surface area contributed by atoms with Gasteiger partial charge in [-0.05, 0) is 47.1 Å². The Morgan fingerprint density at radius 2 is 2.10 bits per heavy atom. The Balaban J connectivity index is 1.81. The zero-order valence-electron chi connectivity index (χ0n) is 11.3. The minimum absolute atomic E-state index is 0.192. The van der Waals surface area contributed by atoms with Crippen LogP contribution in [0.4, 0.5) is 0 Å². The molecule has 3 aromatic rings. The zero-order valence-corrected chi connectivity index (χ0v) is 12.9. The number of nitrogens with one attached hydrogen (secondary N) is 1. The van der Waals surface area contributed by atoms with Gasteiger partial charge in [0.15, 0.2) is 0 Å². The Morgan fingerprint density at radius 1 is 1.29 bits per heavy atom. The van der Waals surface area contributed by atoms with E-state index in [0.717, 1.165) is 16.7 Å². The summed E-state index contributed by atoms with van der Waals surface area (Å²) >= 11 is 3.28. The van der Waals surface area contributed by atoms with Gasteiger partial charge in [-0.25, -0.2) is 4.98 Å². The lowest BCUT2D eigenvalue weighted by Gasteiger charge is -2.11. The zero-order chi connectivity index (χ0) is 14.8. The number of rotatable bonds is 3. The Bertz CT molecular complexity index is 765. The molecule has 1 amide bonds. The molecule has 0 aliphatic heterocycles. The first-order valence-corrected chi connectivity index (χ1v) is 7.34. The summed E-state index contributed by atoms with van der Waals surface area (Å²) in [5.41, 5.74) is 1.32. The van der Waals surface area contributed by atoms with Crippen molar-refractivity contribution >= 4 is 32.8 Å². The molecule has 5 heteroatoms. The first kappa shape index (κ1) is 13.8. The molecule has 0 bridgehead atoms. The predicted octanol–water partition coefficient (Wildman–Crippen LogP) is 4.08. The van der Waals surface area contributed by atoms with E-state index in [1.165, 1.54) is 0 Å². The second kappa shape index (κ2) is 5.69. The molecule has 0 aliphatic rings. The molecule has 0 spiro atoms. The van der Waals surface area contributed by atoms with Crippen molar-refractivity contribution in [2.24, 2.45) is 0 Å². The molecule has 4 nitrogen and oxygen atoms in total. The molecule has 0 saturated heterocycles. The molecule has 0 radical (unpaired) electrons. The van der Waals surface area contributed by atoms with Crippen LogP contribution >= 0.6 is 15.9 Å². The molecule has 106 valence electrons. The van der Waals surface area contributed by atoms with Gasteiger partial charge < -0.3 is 9.73 Å². The summed E-state index contributed by atoms with van der Waals surface area (Å²) < 4.78 is 6.28. The van der Waals surface area contributed by atoms with Gasteiger partial charge in [0, 0.05) is 11.6 Å². The van der Waals surface area contributed by atoms with Crippen LogP contribution in [-0.4, -0.2) is 10.9 Å². The van der Waals surface area contributed by atoms with Crippen LogP contribution in [0.25, 0.3) is 11.0 Å². The number of nitrogens with zero attached hydrogens (tertiary/aromatic N) is 1. The molecule has 1 atom stereocenters. The molecule has 21 heavy (non-hydrogen) atoms. The number of aromatic nitrogens is 1. The number of hydrogen-bond acceptors (Lipinski definition) is 3. The number of amides is 1. The van der Waals surface area contributed by atoms with Crippen LogP contribution < -0.4 is 5.32 Å². The SMILES string of the molecule is CC(NC(=O)c1cccnc1Br)c1cc2ccccc2o1. The molecule has 3 rings (SSSR count). The predicted molar refractivity (Wildman–Crippen MR) is 84.0 cm³/mol. The largest absolute Gasteiger partial charge is 0.459 e. The van der Waals surface area contributed by atoms with Gasteiger partial charge in [0.1, 0.15) is 15.9 Å². The number of carbonyl (C=O) groups is 1. The van der Waals surface area contributed by atoms with Crippen LogP contribution in [0, 0.1) is 0 Å². The first-order chi connectivity index (χ1) is 10.1. The van der Waals surface area contributed by atoms with Crippen LogP contribution in [0.1, 0.15) is 29.1 Å². The minimum Gasteiger partial charge on any atom is -0.459 e. The third-order valence-corrected chi connectivity index (χ3v) is 3.85. The van der Waals surface area contributed by atoms with Crippen molar-refractivity contribution in [1.82, 2.24) is 10.3 Å². The normalized spacial score (nSPS) is 12.3. The molecule has 1 aromatic carbocycles. The minimum atomic E-state index is -0.225. The van der Waals surface area contributed by atoms with E-state index in [1.54, 1.807) is 18.3 Å². The van der Waals surface area contributed by atoms with E-state index in [0.29, 0.717) is 10.2 Å². The Morgan fingerprint density at radius 3 is 2.86 bits per heavy atom. The summed E-state index contributed by atoms with van der Waals surface area (Å²) in [4.78, 5) is 16.3. The van der Waals surface area contributed by atoms with Gasteiger partial charge in [-0.1, -0.05) is 18.2 Å². The average molecular weight is 345 g/mol. The fourth-order valence-corrected chi connectivity index (χ4v) is 2.55. The number of para-hydroxylation sites is 1. The summed E-state index contributed by atoms with van der Waals surface area (Å²) in [7, 11) is 0. The van der Waals surface area contributed by atoms with Gasteiger partial charge >= 0.3 is 0 Å². The number of hydrogen-bond donors (Lipinski definition) is 1. The molecule has 1 N–H and O–H groups in total. The fourth-order valence-electron chi connectivity index (χ4n) is 2.12. The van der Waals surface area contributed by atoms with Crippen LogP contribution in [-0.2, 0) is 0 Å². The van der Waals surface area contributed by atoms with Crippen molar-refractivity contribution in [2.45, 2.75) is 13.0 Å². The lowest BCUT2D eigenvalue weighted by Crippen LogP contribution is -2.26. The molecular formula is C16H13BrN2O2. The maximum Gasteiger partial charge on any atom is 0.254 e. The van der Waals surface area contributed by atoms with Gasteiger partial charge in [-0.2, -0.15) is 0 Å². The monoisotopic (exact) mass is 344 g/mol. The van der Waals surface area contributed by atoms with Gasteiger partial charge in [0.05, 0.1) is 11.6 Å². The highest BCUT2D eigenvalue weighted by Gasteiger charge is 2.17. The van der Waals surface area contributed by atoms with Crippen LogP contribution in [0.5, 0.6) is 0 Å². The standard InChI is InChI=1S/C16H13BrN2O2/c1-10(14-9-11-5-2-3-7-13(11)21-14)19-16(20)12-6-4-8-18-15(12)17/h2-10H,1H3,(H,19,20). The summed E-state index contributed by atoms with van der Waals surface area (Å²) in [5.74, 6) is 0.535.